The summed E-state index contributed by atoms with van der Waals surface area (Å²) < 4.78 is 7.06. The highest BCUT2D eigenvalue weighted by molar-refractivity contribution is 5.77. The minimum absolute atomic E-state index is 0.136. The van der Waals surface area contributed by atoms with E-state index in [1.165, 1.54) is 49.7 Å². The maximum Gasteiger partial charge on any atom is 0.248 e. The SMILES string of the molecule is CCN(CC)C(=O)COC[C@@H]1CCC[N@+]2(C)CCCC[C@@H]12. The first-order valence-electron chi connectivity index (χ1n) is 8.80. The zero-order valence-electron chi connectivity index (χ0n) is 14.1. The van der Waals surface area contributed by atoms with Crippen molar-refractivity contribution in [2.24, 2.45) is 5.92 Å². The summed E-state index contributed by atoms with van der Waals surface area (Å²) in [6, 6.07) is 0.760. The van der Waals surface area contributed by atoms with Crippen LogP contribution in [-0.4, -0.2) is 67.8 Å². The topological polar surface area (TPSA) is 29.5 Å². The Hall–Kier alpha value is -0.610. The van der Waals surface area contributed by atoms with Crippen LogP contribution in [0, 0.1) is 5.92 Å². The molecule has 0 aromatic heterocycles. The minimum Gasteiger partial charge on any atom is -0.371 e. The molecule has 2 aliphatic heterocycles. The molecule has 1 amide bonds. The number of likely N-dealkylation sites (N-methyl/N-ethyl adjacent to an activating group) is 1. The van der Waals surface area contributed by atoms with Crippen LogP contribution in [0.3, 0.4) is 0 Å². The van der Waals surface area contributed by atoms with Crippen LogP contribution >= 0.6 is 0 Å². The van der Waals surface area contributed by atoms with E-state index >= 15 is 0 Å². The van der Waals surface area contributed by atoms with Crippen LogP contribution < -0.4 is 0 Å². The van der Waals surface area contributed by atoms with Crippen molar-refractivity contribution in [1.82, 2.24) is 4.90 Å². The summed E-state index contributed by atoms with van der Waals surface area (Å²) in [5.41, 5.74) is 0. The predicted molar refractivity (Wildman–Crippen MR) is 85.0 cm³/mol. The second-order valence-electron chi connectivity index (χ2n) is 6.97. The van der Waals surface area contributed by atoms with E-state index < -0.39 is 0 Å². The van der Waals surface area contributed by atoms with Gasteiger partial charge in [0.05, 0.1) is 32.8 Å². The molecular formula is C17H33N2O2+. The number of nitrogens with zero attached hydrogens (tertiary/aromatic N) is 2. The van der Waals surface area contributed by atoms with E-state index in [0.29, 0.717) is 5.92 Å². The van der Waals surface area contributed by atoms with Crippen molar-refractivity contribution < 1.29 is 14.0 Å². The molecule has 0 spiro atoms. The van der Waals surface area contributed by atoms with Crippen molar-refractivity contribution in [3.05, 3.63) is 0 Å². The van der Waals surface area contributed by atoms with Crippen LogP contribution in [0.1, 0.15) is 46.0 Å². The third-order valence-electron chi connectivity index (χ3n) is 5.68. The third-order valence-corrected chi connectivity index (χ3v) is 5.68. The Morgan fingerprint density at radius 2 is 1.86 bits per heavy atom. The monoisotopic (exact) mass is 297 g/mol. The number of ether oxygens (including phenoxy) is 1. The number of rotatable bonds is 6. The maximum atomic E-state index is 12.0. The van der Waals surface area contributed by atoms with Crippen molar-refractivity contribution in [1.29, 1.82) is 0 Å². The summed E-state index contributed by atoms with van der Waals surface area (Å²) in [6.45, 7) is 9.29. The molecule has 4 nitrogen and oxygen atoms in total. The second kappa shape index (κ2) is 7.59. The van der Waals surface area contributed by atoms with Crippen LogP contribution in [0.15, 0.2) is 0 Å². The van der Waals surface area contributed by atoms with Crippen molar-refractivity contribution in [2.45, 2.75) is 52.0 Å². The molecule has 2 rings (SSSR count). The molecule has 2 aliphatic rings. The number of quaternary nitrogens is 1. The highest BCUT2D eigenvalue weighted by atomic mass is 16.5. The fraction of sp³-hybridized carbons (Fsp3) is 0.941. The zero-order chi connectivity index (χ0) is 15.3. The van der Waals surface area contributed by atoms with Gasteiger partial charge in [0, 0.05) is 25.4 Å². The Balaban J connectivity index is 1.81. The Morgan fingerprint density at radius 3 is 2.57 bits per heavy atom. The van der Waals surface area contributed by atoms with Gasteiger partial charge < -0.3 is 14.1 Å². The van der Waals surface area contributed by atoms with Crippen molar-refractivity contribution >= 4 is 5.91 Å². The van der Waals surface area contributed by atoms with Crippen molar-refractivity contribution in [3.63, 3.8) is 0 Å². The standard InChI is InChI=1S/C17H33N2O2/c1-4-18(5-2)17(20)14-21-13-15-9-8-12-19(3)11-7-6-10-16(15)19/h15-16H,4-14H2,1-3H3/q+1/t15-,16-,19-/m0/s1. The average molecular weight is 297 g/mol. The van der Waals surface area contributed by atoms with Crippen LogP contribution in [0.2, 0.25) is 0 Å². The number of carbonyl (C=O) groups excluding carboxylic acids is 1. The summed E-state index contributed by atoms with van der Waals surface area (Å²) >= 11 is 0. The molecule has 0 radical (unpaired) electrons. The van der Waals surface area contributed by atoms with Gasteiger partial charge in [0.15, 0.2) is 0 Å². The van der Waals surface area contributed by atoms with E-state index in [-0.39, 0.29) is 12.5 Å². The number of amides is 1. The Bertz CT molecular complexity index is 340. The van der Waals surface area contributed by atoms with Gasteiger partial charge >= 0.3 is 0 Å². The highest BCUT2D eigenvalue weighted by Crippen LogP contribution is 2.36. The Morgan fingerprint density at radius 1 is 1.14 bits per heavy atom. The lowest BCUT2D eigenvalue weighted by atomic mass is 9.82. The third kappa shape index (κ3) is 3.98. The molecule has 0 unspecified atom stereocenters. The first-order chi connectivity index (χ1) is 10.1. The van der Waals surface area contributed by atoms with Crippen LogP contribution in [0.4, 0.5) is 0 Å². The van der Waals surface area contributed by atoms with Crippen LogP contribution in [0.25, 0.3) is 0 Å². The first kappa shape index (κ1) is 16.8. The fourth-order valence-corrected chi connectivity index (χ4v) is 4.39. The number of hydrogen-bond acceptors (Lipinski definition) is 2. The molecule has 4 heteroatoms. The molecule has 21 heavy (non-hydrogen) atoms. The lowest BCUT2D eigenvalue weighted by molar-refractivity contribution is -0.947. The van der Waals surface area contributed by atoms with Gasteiger partial charge in [-0.2, -0.15) is 0 Å². The smallest absolute Gasteiger partial charge is 0.248 e. The summed E-state index contributed by atoms with van der Waals surface area (Å²) in [4.78, 5) is 13.8. The molecule has 0 aromatic rings. The van der Waals surface area contributed by atoms with Gasteiger partial charge in [-0.3, -0.25) is 4.79 Å². The molecule has 2 fully saturated rings. The minimum atomic E-state index is 0.136. The van der Waals surface area contributed by atoms with E-state index in [0.717, 1.165) is 25.7 Å². The fourth-order valence-electron chi connectivity index (χ4n) is 4.39. The van der Waals surface area contributed by atoms with Gasteiger partial charge in [0.1, 0.15) is 6.61 Å². The second-order valence-corrected chi connectivity index (χ2v) is 6.97. The van der Waals surface area contributed by atoms with Crippen molar-refractivity contribution in [2.75, 3.05) is 46.4 Å². The van der Waals surface area contributed by atoms with E-state index in [1.54, 1.807) is 0 Å². The highest BCUT2D eigenvalue weighted by Gasteiger charge is 2.43. The van der Waals surface area contributed by atoms with Gasteiger partial charge in [0.25, 0.3) is 0 Å². The largest absolute Gasteiger partial charge is 0.371 e. The molecule has 2 heterocycles. The molecule has 0 N–H and O–H groups in total. The molecule has 3 atom stereocenters. The normalized spacial score (nSPS) is 32.5. The summed E-state index contributed by atoms with van der Waals surface area (Å²) in [5.74, 6) is 0.783. The van der Waals surface area contributed by atoms with Gasteiger partial charge in [-0.05, 0) is 39.5 Å². The zero-order valence-corrected chi connectivity index (χ0v) is 14.1. The molecule has 122 valence electrons. The van der Waals surface area contributed by atoms with E-state index in [1.807, 2.05) is 18.7 Å². The molecule has 0 saturated carbocycles. The quantitative estimate of drug-likeness (QED) is 0.704. The summed E-state index contributed by atoms with van der Waals surface area (Å²) in [5, 5.41) is 0. The molecule has 0 bridgehead atoms. The number of carbonyl (C=O) groups is 1. The number of fused-ring (bicyclic) bond motifs is 1. The lowest BCUT2D eigenvalue weighted by Gasteiger charge is -2.51. The van der Waals surface area contributed by atoms with E-state index in [9.17, 15) is 4.79 Å². The Labute approximate surface area is 130 Å². The maximum absolute atomic E-state index is 12.0. The molecular weight excluding hydrogens is 264 g/mol. The summed E-state index contributed by atoms with van der Waals surface area (Å²) in [7, 11) is 2.43. The Kier molecular flexibility index (Phi) is 6.06. The van der Waals surface area contributed by atoms with Crippen molar-refractivity contribution in [3.8, 4) is 0 Å². The van der Waals surface area contributed by atoms with E-state index in [4.69, 9.17) is 4.74 Å². The van der Waals surface area contributed by atoms with Crippen LogP contribution in [-0.2, 0) is 9.53 Å². The summed E-state index contributed by atoms with van der Waals surface area (Å²) in [6.07, 6.45) is 6.67. The predicted octanol–water partition coefficient (Wildman–Crippen LogP) is 2.28. The van der Waals surface area contributed by atoms with Gasteiger partial charge in [-0.25, -0.2) is 0 Å². The van der Waals surface area contributed by atoms with Gasteiger partial charge in [0.2, 0.25) is 5.91 Å². The van der Waals surface area contributed by atoms with Gasteiger partial charge in [-0.15, -0.1) is 0 Å². The number of hydrogen-bond donors (Lipinski definition) is 0. The molecule has 2 saturated heterocycles. The van der Waals surface area contributed by atoms with Gasteiger partial charge in [-0.1, -0.05) is 0 Å². The number of piperidine rings is 2. The molecule has 0 aromatic carbocycles. The first-order valence-corrected chi connectivity index (χ1v) is 8.80. The van der Waals surface area contributed by atoms with E-state index in [2.05, 4.69) is 7.05 Å². The van der Waals surface area contributed by atoms with Crippen LogP contribution in [0.5, 0.6) is 0 Å². The molecule has 0 aliphatic carbocycles. The lowest BCUT2D eigenvalue weighted by Crippen LogP contribution is -2.61. The average Bonchev–Trinajstić information content (AvgIpc) is 2.48.